The molecule has 2 aromatic rings. The Kier molecular flexibility index (Phi) is 2.96. The van der Waals surface area contributed by atoms with Crippen molar-refractivity contribution in [1.82, 2.24) is 4.98 Å². The van der Waals surface area contributed by atoms with Crippen molar-refractivity contribution in [1.29, 1.82) is 0 Å². The predicted octanol–water partition coefficient (Wildman–Crippen LogP) is 1.81. The summed E-state index contributed by atoms with van der Waals surface area (Å²) >= 11 is 0. The van der Waals surface area contributed by atoms with Crippen LogP contribution in [0.2, 0.25) is 0 Å². The molecule has 0 unspecified atom stereocenters. The van der Waals surface area contributed by atoms with Gasteiger partial charge >= 0.3 is 11.9 Å². The summed E-state index contributed by atoms with van der Waals surface area (Å²) in [5, 5.41) is 20.1. The first-order chi connectivity index (χ1) is 8.56. The summed E-state index contributed by atoms with van der Waals surface area (Å²) in [6.45, 7) is 0. The number of benzene rings is 1. The van der Waals surface area contributed by atoms with Gasteiger partial charge in [-0.05, 0) is 24.3 Å². The minimum Gasteiger partial charge on any atom is -0.478 e. The van der Waals surface area contributed by atoms with E-state index in [4.69, 9.17) is 14.6 Å². The zero-order valence-electron chi connectivity index (χ0n) is 8.95. The van der Waals surface area contributed by atoms with Crippen molar-refractivity contribution < 1.29 is 24.2 Å². The Morgan fingerprint density at radius 3 is 2.28 bits per heavy atom. The highest BCUT2D eigenvalue weighted by atomic mass is 16.4. The van der Waals surface area contributed by atoms with Gasteiger partial charge in [-0.3, -0.25) is 0 Å². The van der Waals surface area contributed by atoms with Gasteiger partial charge in [-0.2, -0.15) is 4.98 Å². The third-order valence-corrected chi connectivity index (χ3v) is 2.11. The number of anilines is 2. The molecule has 0 aliphatic carbocycles. The number of carbonyl (C=O) groups is 2. The molecular weight excluding hydrogens is 240 g/mol. The molecule has 0 fully saturated rings. The van der Waals surface area contributed by atoms with Gasteiger partial charge in [0.2, 0.25) is 0 Å². The van der Waals surface area contributed by atoms with Gasteiger partial charge in [-0.1, -0.05) is 0 Å². The number of oxazole rings is 1. The monoisotopic (exact) mass is 248 g/mol. The van der Waals surface area contributed by atoms with E-state index in [0.717, 1.165) is 6.26 Å². The van der Waals surface area contributed by atoms with Crippen LogP contribution in [0.1, 0.15) is 20.8 Å². The van der Waals surface area contributed by atoms with Crippen molar-refractivity contribution in [2.75, 3.05) is 5.32 Å². The average Bonchev–Trinajstić information content (AvgIpc) is 2.78. The lowest BCUT2D eigenvalue weighted by molar-refractivity contribution is 0.0682. The maximum absolute atomic E-state index is 10.6. The molecule has 0 spiro atoms. The summed E-state index contributed by atoms with van der Waals surface area (Å²) in [5.41, 5.74) is 0.484. The van der Waals surface area contributed by atoms with Crippen LogP contribution >= 0.6 is 0 Å². The molecule has 92 valence electrons. The van der Waals surface area contributed by atoms with Gasteiger partial charge in [0.05, 0.1) is 5.56 Å². The Bertz CT molecular complexity index is 588. The lowest BCUT2D eigenvalue weighted by atomic mass is 10.2. The average molecular weight is 248 g/mol. The summed E-state index contributed by atoms with van der Waals surface area (Å²) in [4.78, 5) is 24.9. The third-order valence-electron chi connectivity index (χ3n) is 2.11. The number of aromatic carboxylic acids is 2. The molecule has 1 aromatic carbocycles. The molecule has 0 saturated carbocycles. The van der Waals surface area contributed by atoms with Crippen LogP contribution in [0.4, 0.5) is 11.7 Å². The smallest absolute Gasteiger partial charge is 0.357 e. The zero-order chi connectivity index (χ0) is 13.1. The molecule has 7 heteroatoms. The molecular formula is C11H8N2O5. The van der Waals surface area contributed by atoms with Gasteiger partial charge in [-0.25, -0.2) is 9.59 Å². The van der Waals surface area contributed by atoms with Crippen molar-refractivity contribution in [2.24, 2.45) is 0 Å². The predicted molar refractivity (Wildman–Crippen MR) is 60.1 cm³/mol. The van der Waals surface area contributed by atoms with E-state index in [1.165, 1.54) is 24.3 Å². The number of rotatable bonds is 4. The van der Waals surface area contributed by atoms with Gasteiger partial charge in [-0.15, -0.1) is 0 Å². The van der Waals surface area contributed by atoms with Gasteiger partial charge < -0.3 is 19.9 Å². The molecule has 0 atom stereocenters. The molecule has 1 aromatic heterocycles. The van der Waals surface area contributed by atoms with Crippen molar-refractivity contribution in [3.8, 4) is 0 Å². The molecule has 0 aliphatic heterocycles. The molecule has 0 aliphatic rings. The van der Waals surface area contributed by atoms with E-state index in [9.17, 15) is 9.59 Å². The summed E-state index contributed by atoms with van der Waals surface area (Å²) in [6, 6.07) is 5.88. The van der Waals surface area contributed by atoms with Crippen molar-refractivity contribution >= 4 is 23.6 Å². The number of hydrogen-bond acceptors (Lipinski definition) is 5. The van der Waals surface area contributed by atoms with Crippen molar-refractivity contribution in [2.45, 2.75) is 0 Å². The molecule has 18 heavy (non-hydrogen) atoms. The molecule has 0 bridgehead atoms. The van der Waals surface area contributed by atoms with Crippen molar-refractivity contribution in [3.63, 3.8) is 0 Å². The first kappa shape index (κ1) is 11.6. The van der Waals surface area contributed by atoms with Crippen LogP contribution in [0.5, 0.6) is 0 Å². The lowest BCUT2D eigenvalue weighted by Crippen LogP contribution is -1.98. The van der Waals surface area contributed by atoms with E-state index in [-0.39, 0.29) is 17.3 Å². The van der Waals surface area contributed by atoms with Crippen LogP contribution in [0.3, 0.4) is 0 Å². The Morgan fingerprint density at radius 1 is 1.11 bits per heavy atom. The fraction of sp³-hybridized carbons (Fsp3) is 0. The largest absolute Gasteiger partial charge is 0.478 e. The van der Waals surface area contributed by atoms with Crippen molar-refractivity contribution in [3.05, 3.63) is 41.8 Å². The highest BCUT2D eigenvalue weighted by Crippen LogP contribution is 2.16. The first-order valence-electron chi connectivity index (χ1n) is 4.85. The summed E-state index contributed by atoms with van der Waals surface area (Å²) in [7, 11) is 0. The van der Waals surface area contributed by atoms with Crippen LogP contribution in [0.25, 0.3) is 0 Å². The highest BCUT2D eigenvalue weighted by molar-refractivity contribution is 5.88. The first-order valence-corrected chi connectivity index (χ1v) is 4.85. The van der Waals surface area contributed by atoms with Crippen LogP contribution in [-0.2, 0) is 0 Å². The molecule has 7 nitrogen and oxygen atoms in total. The molecule has 0 radical (unpaired) electrons. The van der Waals surface area contributed by atoms with E-state index < -0.39 is 11.9 Å². The van der Waals surface area contributed by atoms with E-state index in [0.29, 0.717) is 5.69 Å². The van der Waals surface area contributed by atoms with E-state index >= 15 is 0 Å². The maximum Gasteiger partial charge on any atom is 0.357 e. The maximum atomic E-state index is 10.6. The highest BCUT2D eigenvalue weighted by Gasteiger charge is 2.10. The summed E-state index contributed by atoms with van der Waals surface area (Å²) < 4.78 is 4.89. The Hall–Kier alpha value is -2.83. The fourth-order valence-corrected chi connectivity index (χ4v) is 1.25. The molecule has 0 saturated heterocycles. The number of carboxylic acid groups (broad SMARTS) is 2. The van der Waals surface area contributed by atoms with Gasteiger partial charge in [0, 0.05) is 5.69 Å². The Morgan fingerprint density at radius 2 is 1.78 bits per heavy atom. The number of nitrogens with one attached hydrogen (secondary N) is 1. The van der Waals surface area contributed by atoms with Crippen LogP contribution in [-0.4, -0.2) is 27.1 Å². The number of aromatic nitrogens is 1. The molecule has 0 amide bonds. The van der Waals surface area contributed by atoms with Gasteiger partial charge in [0.15, 0.2) is 5.69 Å². The van der Waals surface area contributed by atoms with Gasteiger partial charge in [0.25, 0.3) is 6.01 Å². The molecule has 1 heterocycles. The minimum absolute atomic E-state index is 0.0236. The standard InChI is InChI=1S/C11H8N2O5/c14-9(15)6-1-3-7(4-2-6)12-11-13-8(5-18-11)10(16)17/h1-5H,(H,12,13)(H,14,15)(H,16,17). The molecule has 3 N–H and O–H groups in total. The Balaban J connectivity index is 2.13. The van der Waals surface area contributed by atoms with Crippen LogP contribution in [0.15, 0.2) is 34.9 Å². The zero-order valence-corrected chi connectivity index (χ0v) is 8.95. The van der Waals surface area contributed by atoms with Crippen LogP contribution in [0, 0.1) is 0 Å². The molecule has 2 rings (SSSR count). The number of nitrogens with zero attached hydrogens (tertiary/aromatic N) is 1. The third kappa shape index (κ3) is 2.46. The number of carboxylic acids is 2. The van der Waals surface area contributed by atoms with E-state index in [1.54, 1.807) is 0 Å². The summed E-state index contributed by atoms with van der Waals surface area (Å²) in [6.07, 6.45) is 1.01. The Labute approximate surface area is 101 Å². The fourth-order valence-electron chi connectivity index (χ4n) is 1.25. The summed E-state index contributed by atoms with van der Waals surface area (Å²) in [5.74, 6) is -2.21. The number of hydrogen-bond donors (Lipinski definition) is 3. The van der Waals surface area contributed by atoms with E-state index in [1.807, 2.05) is 0 Å². The van der Waals surface area contributed by atoms with Gasteiger partial charge in [0.1, 0.15) is 6.26 Å². The second-order valence-electron chi connectivity index (χ2n) is 3.35. The van der Waals surface area contributed by atoms with Crippen LogP contribution < -0.4 is 5.32 Å². The topological polar surface area (TPSA) is 113 Å². The lowest BCUT2D eigenvalue weighted by Gasteiger charge is -2.01. The van der Waals surface area contributed by atoms with E-state index in [2.05, 4.69) is 10.3 Å². The normalized spacial score (nSPS) is 10.0. The minimum atomic E-state index is -1.19. The quantitative estimate of drug-likeness (QED) is 0.756. The second-order valence-corrected chi connectivity index (χ2v) is 3.35. The second kappa shape index (κ2) is 4.58. The SMILES string of the molecule is O=C(O)c1ccc(Nc2nc(C(=O)O)co2)cc1.